The van der Waals surface area contributed by atoms with Crippen molar-refractivity contribution in [2.75, 3.05) is 37.7 Å². The number of ether oxygens (including phenoxy) is 1. The standard InChI is InChI=1S/C14H17ClFN3O3/c1-3-22-14(21)10-8-11(16)13(17-12(10)15)19-6-4-18(5-7-19)9(2)20/h8H,3-7H2,1-2H3. The van der Waals surface area contributed by atoms with Crippen molar-refractivity contribution in [1.82, 2.24) is 9.88 Å². The van der Waals surface area contributed by atoms with Gasteiger partial charge in [0.15, 0.2) is 11.6 Å². The number of halogens is 2. The monoisotopic (exact) mass is 329 g/mol. The quantitative estimate of drug-likeness (QED) is 0.624. The molecule has 8 heteroatoms. The van der Waals surface area contributed by atoms with Crippen LogP contribution in [-0.4, -0.2) is 54.5 Å². The van der Waals surface area contributed by atoms with Crippen molar-refractivity contribution >= 4 is 29.3 Å². The highest BCUT2D eigenvalue weighted by Crippen LogP contribution is 2.25. The second-order valence-corrected chi connectivity index (χ2v) is 5.20. The maximum absolute atomic E-state index is 14.2. The number of carbonyl (C=O) groups excluding carboxylic acids is 2. The molecule has 6 nitrogen and oxygen atoms in total. The van der Waals surface area contributed by atoms with Crippen LogP contribution >= 0.6 is 11.6 Å². The highest BCUT2D eigenvalue weighted by Gasteiger charge is 2.24. The van der Waals surface area contributed by atoms with Crippen LogP contribution < -0.4 is 4.90 Å². The zero-order chi connectivity index (χ0) is 16.3. The van der Waals surface area contributed by atoms with E-state index in [4.69, 9.17) is 16.3 Å². The second-order valence-electron chi connectivity index (χ2n) is 4.85. The van der Waals surface area contributed by atoms with E-state index in [1.165, 1.54) is 6.92 Å². The Balaban J connectivity index is 2.18. The molecule has 0 spiro atoms. The summed E-state index contributed by atoms with van der Waals surface area (Å²) in [7, 11) is 0. The Bertz CT molecular complexity index is 589. The molecule has 1 aromatic heterocycles. The van der Waals surface area contributed by atoms with Crippen molar-refractivity contribution in [3.05, 3.63) is 22.6 Å². The van der Waals surface area contributed by atoms with Crippen LogP contribution in [0.1, 0.15) is 24.2 Å². The number of aromatic nitrogens is 1. The number of hydrogen-bond acceptors (Lipinski definition) is 5. The van der Waals surface area contributed by atoms with Crippen molar-refractivity contribution < 1.29 is 18.7 Å². The maximum atomic E-state index is 14.2. The Hall–Kier alpha value is -1.89. The Morgan fingerprint density at radius 3 is 2.55 bits per heavy atom. The average Bonchev–Trinajstić information content (AvgIpc) is 2.49. The third kappa shape index (κ3) is 3.47. The molecule has 0 saturated carbocycles. The number of hydrogen-bond donors (Lipinski definition) is 0. The van der Waals surface area contributed by atoms with Crippen LogP contribution in [-0.2, 0) is 9.53 Å². The minimum absolute atomic E-state index is 0.0104. The molecule has 0 aromatic carbocycles. The predicted octanol–water partition coefficient (Wildman–Crippen LogP) is 1.72. The number of anilines is 1. The summed E-state index contributed by atoms with van der Waals surface area (Å²) >= 11 is 5.96. The zero-order valence-corrected chi connectivity index (χ0v) is 13.2. The van der Waals surface area contributed by atoms with Gasteiger partial charge < -0.3 is 14.5 Å². The van der Waals surface area contributed by atoms with Crippen LogP contribution in [0.25, 0.3) is 0 Å². The summed E-state index contributed by atoms with van der Waals surface area (Å²) in [4.78, 5) is 30.3. The highest BCUT2D eigenvalue weighted by atomic mass is 35.5. The second kappa shape index (κ2) is 6.91. The molecule has 120 valence electrons. The summed E-state index contributed by atoms with van der Waals surface area (Å²) in [6.07, 6.45) is 0. The van der Waals surface area contributed by atoms with Crippen LogP contribution in [0.15, 0.2) is 6.07 Å². The minimum Gasteiger partial charge on any atom is -0.462 e. The molecule has 1 amide bonds. The Morgan fingerprint density at radius 1 is 1.36 bits per heavy atom. The minimum atomic E-state index is -0.702. The van der Waals surface area contributed by atoms with Gasteiger partial charge in [0.25, 0.3) is 0 Å². The lowest BCUT2D eigenvalue weighted by Gasteiger charge is -2.35. The van der Waals surface area contributed by atoms with Gasteiger partial charge in [0.1, 0.15) is 10.7 Å². The Morgan fingerprint density at radius 2 is 2.00 bits per heavy atom. The molecule has 1 saturated heterocycles. The first-order valence-electron chi connectivity index (χ1n) is 6.97. The van der Waals surface area contributed by atoms with Gasteiger partial charge in [0, 0.05) is 33.1 Å². The first-order chi connectivity index (χ1) is 10.4. The molecule has 1 aliphatic heterocycles. The fourth-order valence-corrected chi connectivity index (χ4v) is 2.48. The summed E-state index contributed by atoms with van der Waals surface area (Å²) in [6, 6.07) is 1.04. The van der Waals surface area contributed by atoms with E-state index in [0.717, 1.165) is 6.07 Å². The maximum Gasteiger partial charge on any atom is 0.341 e. The number of esters is 1. The van der Waals surface area contributed by atoms with Crippen LogP contribution in [0.3, 0.4) is 0 Å². The van der Waals surface area contributed by atoms with Crippen LogP contribution in [0, 0.1) is 5.82 Å². The summed E-state index contributed by atoms with van der Waals surface area (Å²) in [5, 5.41) is -0.0937. The Labute approximate surface area is 132 Å². The number of rotatable bonds is 3. The van der Waals surface area contributed by atoms with E-state index < -0.39 is 11.8 Å². The zero-order valence-electron chi connectivity index (χ0n) is 12.4. The normalized spacial score (nSPS) is 14.9. The van der Waals surface area contributed by atoms with Crippen molar-refractivity contribution in [2.24, 2.45) is 0 Å². The van der Waals surface area contributed by atoms with Gasteiger partial charge in [-0.2, -0.15) is 0 Å². The largest absolute Gasteiger partial charge is 0.462 e. The molecule has 1 aliphatic rings. The van der Waals surface area contributed by atoms with Gasteiger partial charge in [-0.3, -0.25) is 4.79 Å². The van der Waals surface area contributed by atoms with Gasteiger partial charge in [-0.15, -0.1) is 0 Å². The van der Waals surface area contributed by atoms with E-state index >= 15 is 0 Å². The Kier molecular flexibility index (Phi) is 5.18. The number of amides is 1. The van der Waals surface area contributed by atoms with Gasteiger partial charge in [0.05, 0.1) is 6.61 Å². The molecular formula is C14H17ClFN3O3. The average molecular weight is 330 g/mol. The summed E-state index contributed by atoms with van der Waals surface area (Å²) in [6.45, 7) is 5.22. The molecule has 0 atom stereocenters. The molecule has 1 aromatic rings. The molecule has 2 heterocycles. The summed E-state index contributed by atoms with van der Waals surface area (Å²) in [5.74, 6) is -1.26. The van der Waals surface area contributed by atoms with E-state index in [1.54, 1.807) is 16.7 Å². The van der Waals surface area contributed by atoms with Crippen molar-refractivity contribution in [3.63, 3.8) is 0 Å². The van der Waals surface area contributed by atoms with Gasteiger partial charge in [0.2, 0.25) is 5.91 Å². The third-order valence-corrected chi connectivity index (χ3v) is 3.72. The van der Waals surface area contributed by atoms with Gasteiger partial charge in [-0.05, 0) is 13.0 Å². The van der Waals surface area contributed by atoms with Crippen molar-refractivity contribution in [2.45, 2.75) is 13.8 Å². The van der Waals surface area contributed by atoms with E-state index in [9.17, 15) is 14.0 Å². The lowest BCUT2D eigenvalue weighted by atomic mass is 10.2. The molecule has 0 unspecified atom stereocenters. The van der Waals surface area contributed by atoms with Crippen LogP contribution in [0.5, 0.6) is 0 Å². The molecule has 1 fully saturated rings. The van der Waals surface area contributed by atoms with E-state index in [1.807, 2.05) is 0 Å². The van der Waals surface area contributed by atoms with E-state index in [0.29, 0.717) is 26.2 Å². The molecule has 0 radical (unpaired) electrons. The van der Waals surface area contributed by atoms with Gasteiger partial charge in [-0.25, -0.2) is 14.2 Å². The van der Waals surface area contributed by atoms with Crippen LogP contribution in [0.2, 0.25) is 5.15 Å². The first-order valence-corrected chi connectivity index (χ1v) is 7.35. The molecule has 0 aliphatic carbocycles. The predicted molar refractivity (Wildman–Crippen MR) is 79.6 cm³/mol. The summed E-state index contributed by atoms with van der Waals surface area (Å²) < 4.78 is 19.0. The van der Waals surface area contributed by atoms with E-state index in [2.05, 4.69) is 4.98 Å². The number of carbonyl (C=O) groups is 2. The topological polar surface area (TPSA) is 62.7 Å². The lowest BCUT2D eigenvalue weighted by Crippen LogP contribution is -2.48. The smallest absolute Gasteiger partial charge is 0.341 e. The summed E-state index contributed by atoms with van der Waals surface area (Å²) in [5.41, 5.74) is -0.0906. The van der Waals surface area contributed by atoms with Gasteiger partial charge in [-0.1, -0.05) is 11.6 Å². The van der Waals surface area contributed by atoms with Crippen molar-refractivity contribution in [1.29, 1.82) is 0 Å². The highest BCUT2D eigenvalue weighted by molar-refractivity contribution is 6.32. The number of pyridine rings is 1. The fraction of sp³-hybridized carbons (Fsp3) is 0.500. The molecule has 22 heavy (non-hydrogen) atoms. The first kappa shape index (κ1) is 16.5. The van der Waals surface area contributed by atoms with Crippen molar-refractivity contribution in [3.8, 4) is 0 Å². The third-order valence-electron chi connectivity index (χ3n) is 3.43. The number of piperazine rings is 1. The van der Waals surface area contributed by atoms with Crippen LogP contribution in [0.4, 0.5) is 10.2 Å². The molecular weight excluding hydrogens is 313 g/mol. The molecule has 2 rings (SSSR count). The molecule has 0 bridgehead atoms. The molecule has 0 N–H and O–H groups in total. The lowest BCUT2D eigenvalue weighted by molar-refractivity contribution is -0.129. The fourth-order valence-electron chi connectivity index (χ4n) is 2.26. The van der Waals surface area contributed by atoms with E-state index in [-0.39, 0.29) is 29.0 Å². The SMILES string of the molecule is CCOC(=O)c1cc(F)c(N2CCN(C(C)=O)CC2)nc1Cl. The van der Waals surface area contributed by atoms with Gasteiger partial charge >= 0.3 is 5.97 Å². The number of nitrogens with zero attached hydrogens (tertiary/aromatic N) is 3.